The number of aromatic nitrogens is 2. The summed E-state index contributed by atoms with van der Waals surface area (Å²) in [5, 5.41) is 4.28. The summed E-state index contributed by atoms with van der Waals surface area (Å²) in [5.74, 6) is 0. The molecule has 0 aliphatic carbocycles. The molecule has 0 bridgehead atoms. The average Bonchev–Trinajstić information content (AvgIpc) is 2.78. The molecule has 4 nitrogen and oxygen atoms in total. The van der Waals surface area contributed by atoms with E-state index in [0.717, 1.165) is 32.4 Å². The zero-order valence-electron chi connectivity index (χ0n) is 10.9. The van der Waals surface area contributed by atoms with Gasteiger partial charge in [-0.15, -0.1) is 0 Å². The van der Waals surface area contributed by atoms with E-state index >= 15 is 0 Å². The van der Waals surface area contributed by atoms with Crippen molar-refractivity contribution in [3.05, 3.63) is 18.0 Å². The molecule has 1 aliphatic rings. The van der Waals surface area contributed by atoms with E-state index in [4.69, 9.17) is 10.5 Å². The molecule has 1 aliphatic heterocycles. The molecule has 2 unspecified atom stereocenters. The van der Waals surface area contributed by atoms with Crippen LogP contribution in [0.4, 0.5) is 0 Å². The number of aryl methyl sites for hydroxylation is 1. The predicted molar refractivity (Wildman–Crippen MR) is 67.8 cm³/mol. The molecule has 4 heteroatoms. The topological polar surface area (TPSA) is 53.1 Å². The molecule has 0 amide bonds. The van der Waals surface area contributed by atoms with Crippen LogP contribution in [0, 0.1) is 0 Å². The lowest BCUT2D eigenvalue weighted by Gasteiger charge is -2.38. The van der Waals surface area contributed by atoms with Crippen molar-refractivity contribution in [2.45, 2.75) is 57.7 Å². The van der Waals surface area contributed by atoms with E-state index < -0.39 is 0 Å². The van der Waals surface area contributed by atoms with Gasteiger partial charge in [-0.1, -0.05) is 0 Å². The summed E-state index contributed by atoms with van der Waals surface area (Å²) in [5.41, 5.74) is 7.35. The van der Waals surface area contributed by atoms with Crippen molar-refractivity contribution in [2.24, 2.45) is 5.73 Å². The summed E-state index contributed by atoms with van der Waals surface area (Å²) < 4.78 is 7.82. The van der Waals surface area contributed by atoms with E-state index in [1.165, 1.54) is 12.0 Å². The largest absolute Gasteiger partial charge is 0.374 e. The van der Waals surface area contributed by atoms with Crippen LogP contribution in [-0.4, -0.2) is 28.0 Å². The molecule has 96 valence electrons. The third-order valence-corrected chi connectivity index (χ3v) is 3.75. The summed E-state index contributed by atoms with van der Waals surface area (Å²) >= 11 is 0. The Labute approximate surface area is 103 Å². The second-order valence-corrected chi connectivity index (χ2v) is 5.13. The molecule has 2 atom stereocenters. The fourth-order valence-corrected chi connectivity index (χ4v) is 2.40. The summed E-state index contributed by atoms with van der Waals surface area (Å²) in [6.45, 7) is 5.98. The molecule has 1 fully saturated rings. The summed E-state index contributed by atoms with van der Waals surface area (Å²) in [6, 6.07) is 0.0531. The second kappa shape index (κ2) is 5.19. The smallest absolute Gasteiger partial charge is 0.0807 e. The molecular weight excluding hydrogens is 214 g/mol. The highest BCUT2D eigenvalue weighted by Crippen LogP contribution is 2.28. The van der Waals surface area contributed by atoms with Crippen molar-refractivity contribution in [3.63, 3.8) is 0 Å². The summed E-state index contributed by atoms with van der Waals surface area (Å²) in [7, 11) is 0. The van der Waals surface area contributed by atoms with E-state index in [0.29, 0.717) is 0 Å². The fourth-order valence-electron chi connectivity index (χ4n) is 2.40. The molecule has 0 spiro atoms. The Balaban J connectivity index is 1.97. The summed E-state index contributed by atoms with van der Waals surface area (Å²) in [4.78, 5) is 0. The van der Waals surface area contributed by atoms with Crippen molar-refractivity contribution in [1.29, 1.82) is 0 Å². The van der Waals surface area contributed by atoms with Gasteiger partial charge in [0.25, 0.3) is 0 Å². The van der Waals surface area contributed by atoms with Gasteiger partial charge in [-0.25, -0.2) is 0 Å². The van der Waals surface area contributed by atoms with Crippen molar-refractivity contribution in [2.75, 3.05) is 6.61 Å². The van der Waals surface area contributed by atoms with Crippen LogP contribution in [0.2, 0.25) is 0 Å². The SMILES string of the molecule is CCn1cc(CC(N)C2(C)CCCCO2)cn1. The van der Waals surface area contributed by atoms with Gasteiger partial charge in [-0.3, -0.25) is 4.68 Å². The van der Waals surface area contributed by atoms with Crippen molar-refractivity contribution in [1.82, 2.24) is 9.78 Å². The van der Waals surface area contributed by atoms with Gasteiger partial charge in [0.15, 0.2) is 0 Å². The van der Waals surface area contributed by atoms with Crippen LogP contribution in [0.25, 0.3) is 0 Å². The van der Waals surface area contributed by atoms with Crippen LogP contribution in [-0.2, 0) is 17.7 Å². The third kappa shape index (κ3) is 2.87. The highest BCUT2D eigenvalue weighted by Gasteiger charge is 2.34. The van der Waals surface area contributed by atoms with Crippen molar-refractivity contribution in [3.8, 4) is 0 Å². The lowest BCUT2D eigenvalue weighted by atomic mass is 9.86. The van der Waals surface area contributed by atoms with Gasteiger partial charge in [0.2, 0.25) is 0 Å². The monoisotopic (exact) mass is 237 g/mol. The average molecular weight is 237 g/mol. The number of nitrogens with zero attached hydrogens (tertiary/aromatic N) is 2. The Morgan fingerprint density at radius 3 is 3.00 bits per heavy atom. The van der Waals surface area contributed by atoms with Gasteiger partial charge >= 0.3 is 0 Å². The molecule has 17 heavy (non-hydrogen) atoms. The minimum absolute atomic E-state index is 0.0531. The Kier molecular flexibility index (Phi) is 3.84. The lowest BCUT2D eigenvalue weighted by molar-refractivity contribution is -0.0808. The molecule has 2 N–H and O–H groups in total. The standard InChI is InChI=1S/C13H23N3O/c1-3-16-10-11(9-15-16)8-12(14)13(2)6-4-5-7-17-13/h9-10,12H,3-8,14H2,1-2H3. The van der Waals surface area contributed by atoms with Crippen molar-refractivity contribution < 1.29 is 4.74 Å². The van der Waals surface area contributed by atoms with E-state index in [-0.39, 0.29) is 11.6 Å². The van der Waals surface area contributed by atoms with Crippen LogP contribution in [0.3, 0.4) is 0 Å². The number of nitrogens with two attached hydrogens (primary N) is 1. The maximum atomic E-state index is 6.30. The maximum Gasteiger partial charge on any atom is 0.0807 e. The first-order valence-corrected chi connectivity index (χ1v) is 6.55. The number of hydrogen-bond donors (Lipinski definition) is 1. The van der Waals surface area contributed by atoms with E-state index in [9.17, 15) is 0 Å². The minimum Gasteiger partial charge on any atom is -0.374 e. The highest BCUT2D eigenvalue weighted by atomic mass is 16.5. The molecule has 2 rings (SSSR count). The van der Waals surface area contributed by atoms with Crippen LogP contribution >= 0.6 is 0 Å². The minimum atomic E-state index is -0.160. The van der Waals surface area contributed by atoms with Crippen LogP contribution in [0.15, 0.2) is 12.4 Å². The maximum absolute atomic E-state index is 6.30. The van der Waals surface area contributed by atoms with Gasteiger partial charge in [0, 0.05) is 25.4 Å². The molecule has 0 radical (unpaired) electrons. The van der Waals surface area contributed by atoms with Crippen LogP contribution in [0.5, 0.6) is 0 Å². The lowest BCUT2D eigenvalue weighted by Crippen LogP contribution is -2.50. The number of hydrogen-bond acceptors (Lipinski definition) is 3. The molecule has 0 aromatic carbocycles. The third-order valence-electron chi connectivity index (χ3n) is 3.75. The Hall–Kier alpha value is -0.870. The summed E-state index contributed by atoms with van der Waals surface area (Å²) in [6.07, 6.45) is 8.28. The van der Waals surface area contributed by atoms with Crippen LogP contribution < -0.4 is 5.73 Å². The zero-order valence-corrected chi connectivity index (χ0v) is 10.9. The predicted octanol–water partition coefficient (Wildman–Crippen LogP) is 1.73. The van der Waals surface area contributed by atoms with Gasteiger partial charge < -0.3 is 10.5 Å². The van der Waals surface area contributed by atoms with Crippen molar-refractivity contribution >= 4 is 0 Å². The fraction of sp³-hybridized carbons (Fsp3) is 0.769. The second-order valence-electron chi connectivity index (χ2n) is 5.13. The number of rotatable bonds is 4. The molecule has 2 heterocycles. The first-order valence-electron chi connectivity index (χ1n) is 6.55. The molecule has 0 saturated carbocycles. The first-order chi connectivity index (χ1) is 8.14. The van der Waals surface area contributed by atoms with Gasteiger partial charge in [0.05, 0.1) is 11.8 Å². The molecular formula is C13H23N3O. The molecule has 1 aromatic heterocycles. The van der Waals surface area contributed by atoms with Gasteiger partial charge in [-0.05, 0) is 45.1 Å². The van der Waals surface area contributed by atoms with Crippen LogP contribution in [0.1, 0.15) is 38.7 Å². The van der Waals surface area contributed by atoms with Gasteiger partial charge in [-0.2, -0.15) is 5.10 Å². The van der Waals surface area contributed by atoms with E-state index in [2.05, 4.69) is 25.1 Å². The van der Waals surface area contributed by atoms with E-state index in [1.807, 2.05) is 10.9 Å². The normalized spacial score (nSPS) is 27.0. The number of ether oxygens (including phenoxy) is 1. The Bertz CT molecular complexity index is 355. The Morgan fingerprint density at radius 2 is 2.41 bits per heavy atom. The van der Waals surface area contributed by atoms with E-state index in [1.54, 1.807) is 0 Å². The molecule has 1 saturated heterocycles. The molecule has 1 aromatic rings. The van der Waals surface area contributed by atoms with Gasteiger partial charge in [0.1, 0.15) is 0 Å². The zero-order chi connectivity index (χ0) is 12.3. The quantitative estimate of drug-likeness (QED) is 0.867. The highest BCUT2D eigenvalue weighted by molar-refractivity contribution is 5.08. The first kappa shape index (κ1) is 12.6. The Morgan fingerprint density at radius 1 is 1.59 bits per heavy atom.